The molecule has 1 saturated heterocycles. The van der Waals surface area contributed by atoms with E-state index in [9.17, 15) is 9.59 Å². The van der Waals surface area contributed by atoms with Gasteiger partial charge >= 0.3 is 0 Å². The molecule has 1 aliphatic heterocycles. The van der Waals surface area contributed by atoms with Gasteiger partial charge in [-0.25, -0.2) is 0 Å². The lowest BCUT2D eigenvalue weighted by molar-refractivity contribution is -0.124. The van der Waals surface area contributed by atoms with E-state index in [1.807, 2.05) is 26.0 Å². The fourth-order valence-corrected chi connectivity index (χ4v) is 3.69. The number of aryl methyl sites for hydroxylation is 1. The molecular weight excluding hydrogens is 376 g/mol. The molecule has 28 heavy (non-hydrogen) atoms. The van der Waals surface area contributed by atoms with Gasteiger partial charge in [-0.3, -0.25) is 9.59 Å². The molecule has 0 radical (unpaired) electrons. The van der Waals surface area contributed by atoms with Crippen molar-refractivity contribution in [3.63, 3.8) is 0 Å². The average molecular weight is 401 g/mol. The SMILES string of the molecule is CCc1ccc(Cl)c(CC)c1NC(=O)c1cccc(NC(=O)C2CCCO2)c1. The van der Waals surface area contributed by atoms with Crippen LogP contribution in [0.3, 0.4) is 0 Å². The molecule has 1 aliphatic rings. The van der Waals surface area contributed by atoms with Gasteiger partial charge in [0.15, 0.2) is 0 Å². The minimum Gasteiger partial charge on any atom is -0.368 e. The van der Waals surface area contributed by atoms with Crippen LogP contribution in [0.5, 0.6) is 0 Å². The summed E-state index contributed by atoms with van der Waals surface area (Å²) < 4.78 is 5.40. The highest BCUT2D eigenvalue weighted by molar-refractivity contribution is 6.32. The molecule has 2 amide bonds. The summed E-state index contributed by atoms with van der Waals surface area (Å²) in [5.41, 5.74) is 3.78. The normalized spacial score (nSPS) is 16.0. The summed E-state index contributed by atoms with van der Waals surface area (Å²) in [5.74, 6) is -0.411. The Morgan fingerprint density at radius 2 is 1.96 bits per heavy atom. The van der Waals surface area contributed by atoms with Gasteiger partial charge in [0.05, 0.1) is 0 Å². The number of rotatable bonds is 6. The maximum absolute atomic E-state index is 12.9. The second-order valence-corrected chi connectivity index (χ2v) is 7.20. The second kappa shape index (κ2) is 9.22. The number of nitrogens with one attached hydrogen (secondary N) is 2. The van der Waals surface area contributed by atoms with E-state index in [0.717, 1.165) is 42.5 Å². The zero-order valence-electron chi connectivity index (χ0n) is 16.2. The Labute approximate surface area is 170 Å². The smallest absolute Gasteiger partial charge is 0.255 e. The molecule has 0 bridgehead atoms. The standard InChI is InChI=1S/C22H25ClN2O3/c1-3-14-10-11-18(23)17(4-2)20(14)25-21(26)15-7-5-8-16(13-15)24-22(27)19-9-6-12-28-19/h5,7-8,10-11,13,19H,3-4,6,9,12H2,1-2H3,(H,24,27)(H,25,26). The third-order valence-electron chi connectivity index (χ3n) is 4.93. The summed E-state index contributed by atoms with van der Waals surface area (Å²) >= 11 is 6.32. The Bertz CT molecular complexity index is 876. The molecule has 0 aromatic heterocycles. The van der Waals surface area contributed by atoms with E-state index in [-0.39, 0.29) is 11.8 Å². The van der Waals surface area contributed by atoms with Gasteiger partial charge in [-0.05, 0) is 61.1 Å². The van der Waals surface area contributed by atoms with Gasteiger partial charge in [-0.15, -0.1) is 0 Å². The molecule has 148 valence electrons. The topological polar surface area (TPSA) is 67.4 Å². The maximum Gasteiger partial charge on any atom is 0.255 e. The van der Waals surface area contributed by atoms with E-state index in [2.05, 4.69) is 10.6 Å². The minimum absolute atomic E-state index is 0.175. The molecule has 0 aliphatic carbocycles. The van der Waals surface area contributed by atoms with Crippen molar-refractivity contribution >= 4 is 34.8 Å². The van der Waals surface area contributed by atoms with E-state index in [1.165, 1.54) is 0 Å². The fourth-order valence-electron chi connectivity index (χ4n) is 3.40. The molecule has 5 nitrogen and oxygen atoms in total. The summed E-state index contributed by atoms with van der Waals surface area (Å²) in [6, 6.07) is 10.7. The monoisotopic (exact) mass is 400 g/mol. The predicted octanol–water partition coefficient (Wildman–Crippen LogP) is 4.83. The molecule has 1 unspecified atom stereocenters. The van der Waals surface area contributed by atoms with Crippen LogP contribution in [0, 0.1) is 0 Å². The summed E-state index contributed by atoms with van der Waals surface area (Å²) in [5, 5.41) is 6.49. The maximum atomic E-state index is 12.9. The van der Waals surface area contributed by atoms with E-state index in [0.29, 0.717) is 22.9 Å². The number of hydrogen-bond acceptors (Lipinski definition) is 3. The number of carbonyl (C=O) groups excluding carboxylic acids is 2. The lowest BCUT2D eigenvalue weighted by Gasteiger charge is -2.16. The summed E-state index contributed by atoms with van der Waals surface area (Å²) in [6.07, 6.45) is 2.71. The quantitative estimate of drug-likeness (QED) is 0.729. The number of carbonyl (C=O) groups is 2. The third kappa shape index (κ3) is 4.54. The van der Waals surface area contributed by atoms with E-state index in [4.69, 9.17) is 16.3 Å². The van der Waals surface area contributed by atoms with Crippen LogP contribution < -0.4 is 10.6 Å². The first kappa shape index (κ1) is 20.4. The summed E-state index contributed by atoms with van der Waals surface area (Å²) in [7, 11) is 0. The average Bonchev–Trinajstić information content (AvgIpc) is 3.23. The third-order valence-corrected chi connectivity index (χ3v) is 5.28. The highest BCUT2D eigenvalue weighted by Crippen LogP contribution is 2.30. The van der Waals surface area contributed by atoms with Gasteiger partial charge in [0.25, 0.3) is 11.8 Å². The first-order chi connectivity index (χ1) is 13.5. The minimum atomic E-state index is -0.414. The van der Waals surface area contributed by atoms with Crippen molar-refractivity contribution in [1.29, 1.82) is 0 Å². The van der Waals surface area contributed by atoms with Crippen LogP contribution in [0.1, 0.15) is 48.2 Å². The van der Waals surface area contributed by atoms with E-state index < -0.39 is 6.10 Å². The first-order valence-electron chi connectivity index (χ1n) is 9.67. The van der Waals surface area contributed by atoms with Gasteiger partial charge in [-0.2, -0.15) is 0 Å². The molecule has 1 atom stereocenters. The lowest BCUT2D eigenvalue weighted by Crippen LogP contribution is -2.27. The van der Waals surface area contributed by atoms with Crippen molar-refractivity contribution in [3.05, 3.63) is 58.1 Å². The van der Waals surface area contributed by atoms with Gasteiger partial charge in [-0.1, -0.05) is 37.6 Å². The first-order valence-corrected chi connectivity index (χ1v) is 10.0. The van der Waals surface area contributed by atoms with Crippen LogP contribution in [-0.2, 0) is 22.4 Å². The second-order valence-electron chi connectivity index (χ2n) is 6.79. The van der Waals surface area contributed by atoms with Crippen molar-refractivity contribution in [3.8, 4) is 0 Å². The summed E-state index contributed by atoms with van der Waals surface area (Å²) in [6.45, 7) is 4.66. The van der Waals surface area contributed by atoms with Gasteiger partial charge in [0, 0.05) is 28.6 Å². The van der Waals surface area contributed by atoms with Gasteiger partial charge in [0.2, 0.25) is 0 Å². The predicted molar refractivity (Wildman–Crippen MR) is 112 cm³/mol. The number of hydrogen-bond donors (Lipinski definition) is 2. The van der Waals surface area contributed by atoms with Crippen molar-refractivity contribution < 1.29 is 14.3 Å². The number of benzene rings is 2. The number of amides is 2. The van der Waals surface area contributed by atoms with Crippen LogP contribution in [0.4, 0.5) is 11.4 Å². The molecular formula is C22H25ClN2O3. The Balaban J connectivity index is 1.78. The highest BCUT2D eigenvalue weighted by Gasteiger charge is 2.23. The molecule has 3 rings (SSSR count). The Kier molecular flexibility index (Phi) is 6.70. The number of anilines is 2. The van der Waals surface area contributed by atoms with E-state index >= 15 is 0 Å². The van der Waals surface area contributed by atoms with Crippen molar-refractivity contribution in [2.45, 2.75) is 45.6 Å². The largest absolute Gasteiger partial charge is 0.368 e. The van der Waals surface area contributed by atoms with Crippen molar-refractivity contribution in [2.24, 2.45) is 0 Å². The molecule has 0 spiro atoms. The molecule has 2 N–H and O–H groups in total. The number of halogens is 1. The van der Waals surface area contributed by atoms with Crippen LogP contribution in [0.25, 0.3) is 0 Å². The molecule has 0 saturated carbocycles. The zero-order valence-corrected chi connectivity index (χ0v) is 16.9. The van der Waals surface area contributed by atoms with Gasteiger partial charge in [0.1, 0.15) is 6.10 Å². The number of ether oxygens (including phenoxy) is 1. The fraction of sp³-hybridized carbons (Fsp3) is 0.364. The molecule has 2 aromatic rings. The molecule has 1 heterocycles. The molecule has 2 aromatic carbocycles. The Hall–Kier alpha value is -2.37. The molecule has 1 fully saturated rings. The zero-order chi connectivity index (χ0) is 20.1. The Morgan fingerprint density at radius 1 is 1.14 bits per heavy atom. The van der Waals surface area contributed by atoms with Crippen LogP contribution in [0.2, 0.25) is 5.02 Å². The van der Waals surface area contributed by atoms with Gasteiger partial charge < -0.3 is 15.4 Å². The summed E-state index contributed by atoms with van der Waals surface area (Å²) in [4.78, 5) is 25.1. The van der Waals surface area contributed by atoms with Crippen LogP contribution >= 0.6 is 11.6 Å². The van der Waals surface area contributed by atoms with E-state index in [1.54, 1.807) is 24.3 Å². The highest BCUT2D eigenvalue weighted by atomic mass is 35.5. The Morgan fingerprint density at radius 3 is 2.64 bits per heavy atom. The van der Waals surface area contributed by atoms with Crippen LogP contribution in [0.15, 0.2) is 36.4 Å². The van der Waals surface area contributed by atoms with Crippen LogP contribution in [-0.4, -0.2) is 24.5 Å². The lowest BCUT2D eigenvalue weighted by atomic mass is 10.0. The van der Waals surface area contributed by atoms with Crippen molar-refractivity contribution in [2.75, 3.05) is 17.2 Å². The van der Waals surface area contributed by atoms with Crippen molar-refractivity contribution in [1.82, 2.24) is 0 Å². The molecule has 6 heteroatoms.